The number of anilines is 2. The van der Waals surface area contributed by atoms with Crippen molar-refractivity contribution >= 4 is 35.3 Å². The predicted octanol–water partition coefficient (Wildman–Crippen LogP) is 3.41. The first-order chi connectivity index (χ1) is 15.9. The van der Waals surface area contributed by atoms with Crippen LogP contribution in [-0.2, 0) is 14.4 Å². The summed E-state index contributed by atoms with van der Waals surface area (Å²) in [7, 11) is 0. The minimum absolute atomic E-state index is 0.162. The molecule has 0 fully saturated rings. The highest BCUT2D eigenvalue weighted by Crippen LogP contribution is 2.15. The van der Waals surface area contributed by atoms with Crippen LogP contribution < -0.4 is 20.8 Å². The Morgan fingerprint density at radius 3 is 2.12 bits per heavy atom. The minimum atomic E-state index is -0.894. The number of nitrogens with zero attached hydrogens (tertiary/aromatic N) is 1. The molecular formula is C25H24N4O4. The number of rotatable bonds is 7. The third-order valence-electron chi connectivity index (χ3n) is 4.63. The van der Waals surface area contributed by atoms with Crippen molar-refractivity contribution in [3.05, 3.63) is 89.5 Å². The zero-order chi connectivity index (χ0) is 23.6. The molecule has 168 valence electrons. The number of carbonyl (C=O) groups is 3. The maximum atomic E-state index is 12.1. The highest BCUT2D eigenvalue weighted by Gasteiger charge is 2.13. The lowest BCUT2D eigenvalue weighted by atomic mass is 10.2. The van der Waals surface area contributed by atoms with Gasteiger partial charge in [0.2, 0.25) is 0 Å². The molecule has 0 atom stereocenters. The second-order valence-corrected chi connectivity index (χ2v) is 7.19. The Morgan fingerprint density at radius 2 is 1.45 bits per heavy atom. The smallest absolute Gasteiger partial charge is 0.329 e. The van der Waals surface area contributed by atoms with E-state index < -0.39 is 11.8 Å². The SMILES string of the molecule is Cc1ccccc1NC(=O)COc1cccc(/C=N\NC(=O)C(=O)Nc2ccccc2C)c1. The first kappa shape index (κ1) is 23.2. The van der Waals surface area contributed by atoms with Crippen LogP contribution in [0.4, 0.5) is 11.4 Å². The molecule has 3 aromatic rings. The van der Waals surface area contributed by atoms with E-state index in [2.05, 4.69) is 21.2 Å². The molecule has 8 nitrogen and oxygen atoms in total. The standard InChI is InChI=1S/C25H24N4O4/c1-17-8-3-5-12-21(17)27-23(30)16-33-20-11-7-10-19(14-20)15-26-29-25(32)24(31)28-22-13-6-4-9-18(22)2/h3-15H,16H2,1-2H3,(H,27,30)(H,28,31)(H,29,32)/b26-15-. The number of hydrazone groups is 1. The van der Waals surface area contributed by atoms with E-state index in [0.29, 0.717) is 17.0 Å². The number of hydrogen-bond acceptors (Lipinski definition) is 5. The van der Waals surface area contributed by atoms with Crippen molar-refractivity contribution in [2.45, 2.75) is 13.8 Å². The molecule has 0 saturated heterocycles. The molecule has 0 aromatic heterocycles. The van der Waals surface area contributed by atoms with Gasteiger partial charge >= 0.3 is 11.8 Å². The molecule has 3 amide bonds. The summed E-state index contributed by atoms with van der Waals surface area (Å²) in [4.78, 5) is 36.1. The topological polar surface area (TPSA) is 109 Å². The molecule has 0 saturated carbocycles. The van der Waals surface area contributed by atoms with E-state index in [1.807, 2.05) is 50.2 Å². The molecule has 0 aliphatic carbocycles. The van der Waals surface area contributed by atoms with Gasteiger partial charge < -0.3 is 15.4 Å². The lowest BCUT2D eigenvalue weighted by Gasteiger charge is -2.09. The van der Waals surface area contributed by atoms with Gasteiger partial charge in [0.05, 0.1) is 6.21 Å². The molecule has 0 aliphatic heterocycles. The summed E-state index contributed by atoms with van der Waals surface area (Å²) in [6.45, 7) is 3.57. The van der Waals surface area contributed by atoms with E-state index >= 15 is 0 Å². The number of aryl methyl sites for hydroxylation is 2. The van der Waals surface area contributed by atoms with Gasteiger partial charge in [-0.05, 0) is 54.8 Å². The maximum absolute atomic E-state index is 12.1. The number of para-hydroxylation sites is 2. The van der Waals surface area contributed by atoms with Crippen LogP contribution in [0.5, 0.6) is 5.75 Å². The summed E-state index contributed by atoms with van der Waals surface area (Å²) in [5.41, 5.74) is 5.88. The van der Waals surface area contributed by atoms with Crippen LogP contribution in [0.3, 0.4) is 0 Å². The van der Waals surface area contributed by atoms with Gasteiger partial charge in [0.25, 0.3) is 5.91 Å². The number of carbonyl (C=O) groups excluding carboxylic acids is 3. The summed E-state index contributed by atoms with van der Waals surface area (Å²) in [6, 6.07) is 21.4. The predicted molar refractivity (Wildman–Crippen MR) is 127 cm³/mol. The number of hydrogen-bond donors (Lipinski definition) is 3. The third-order valence-corrected chi connectivity index (χ3v) is 4.63. The molecule has 0 spiro atoms. The van der Waals surface area contributed by atoms with Crippen molar-refractivity contribution in [2.75, 3.05) is 17.2 Å². The van der Waals surface area contributed by atoms with Crippen molar-refractivity contribution in [1.29, 1.82) is 0 Å². The van der Waals surface area contributed by atoms with Crippen LogP contribution in [0.15, 0.2) is 77.9 Å². The molecular weight excluding hydrogens is 420 g/mol. The molecule has 0 bridgehead atoms. The first-order valence-electron chi connectivity index (χ1n) is 10.2. The second kappa shape index (κ2) is 11.2. The molecule has 0 heterocycles. The quantitative estimate of drug-likeness (QED) is 0.295. The average Bonchev–Trinajstić information content (AvgIpc) is 2.81. The van der Waals surface area contributed by atoms with Gasteiger partial charge in [-0.2, -0.15) is 5.10 Å². The van der Waals surface area contributed by atoms with Gasteiger partial charge in [0.15, 0.2) is 6.61 Å². The second-order valence-electron chi connectivity index (χ2n) is 7.19. The molecule has 3 N–H and O–H groups in total. The largest absolute Gasteiger partial charge is 0.484 e. The minimum Gasteiger partial charge on any atom is -0.484 e. The van der Waals surface area contributed by atoms with E-state index in [1.54, 1.807) is 36.4 Å². The highest BCUT2D eigenvalue weighted by atomic mass is 16.5. The zero-order valence-electron chi connectivity index (χ0n) is 18.3. The summed E-state index contributed by atoms with van der Waals surface area (Å²) in [5, 5.41) is 9.14. The summed E-state index contributed by atoms with van der Waals surface area (Å²) in [6.07, 6.45) is 1.37. The van der Waals surface area contributed by atoms with Gasteiger partial charge in [0, 0.05) is 11.4 Å². The average molecular weight is 444 g/mol. The van der Waals surface area contributed by atoms with Crippen LogP contribution in [0.2, 0.25) is 0 Å². The number of ether oxygens (including phenoxy) is 1. The third kappa shape index (κ3) is 7.03. The van der Waals surface area contributed by atoms with Crippen LogP contribution in [0.1, 0.15) is 16.7 Å². The van der Waals surface area contributed by atoms with E-state index in [9.17, 15) is 14.4 Å². The van der Waals surface area contributed by atoms with Crippen molar-refractivity contribution in [1.82, 2.24) is 5.43 Å². The lowest BCUT2D eigenvalue weighted by Crippen LogP contribution is -2.32. The van der Waals surface area contributed by atoms with Gasteiger partial charge in [-0.25, -0.2) is 5.43 Å². The van der Waals surface area contributed by atoms with Gasteiger partial charge in [-0.1, -0.05) is 48.5 Å². The fourth-order valence-corrected chi connectivity index (χ4v) is 2.84. The fraction of sp³-hybridized carbons (Fsp3) is 0.120. The molecule has 0 radical (unpaired) electrons. The monoisotopic (exact) mass is 444 g/mol. The Kier molecular flexibility index (Phi) is 7.91. The van der Waals surface area contributed by atoms with Crippen molar-refractivity contribution < 1.29 is 19.1 Å². The first-order valence-corrected chi connectivity index (χ1v) is 10.2. The molecule has 0 unspecified atom stereocenters. The van der Waals surface area contributed by atoms with Crippen LogP contribution in [-0.4, -0.2) is 30.5 Å². The Labute approximate surface area is 191 Å². The fourth-order valence-electron chi connectivity index (χ4n) is 2.84. The van der Waals surface area contributed by atoms with Crippen molar-refractivity contribution in [3.63, 3.8) is 0 Å². The summed E-state index contributed by atoms with van der Waals surface area (Å²) < 4.78 is 5.54. The molecule has 0 aliphatic rings. The Morgan fingerprint density at radius 1 is 0.818 bits per heavy atom. The summed E-state index contributed by atoms with van der Waals surface area (Å²) in [5.74, 6) is -1.54. The van der Waals surface area contributed by atoms with E-state index in [4.69, 9.17) is 4.74 Å². The van der Waals surface area contributed by atoms with Crippen molar-refractivity contribution in [3.8, 4) is 5.75 Å². The van der Waals surface area contributed by atoms with E-state index in [1.165, 1.54) is 6.21 Å². The Bertz CT molecular complexity index is 1190. The van der Waals surface area contributed by atoms with E-state index in [-0.39, 0.29) is 12.5 Å². The van der Waals surface area contributed by atoms with Gasteiger partial charge in [-0.15, -0.1) is 0 Å². The number of nitrogens with one attached hydrogen (secondary N) is 3. The zero-order valence-corrected chi connectivity index (χ0v) is 18.3. The van der Waals surface area contributed by atoms with E-state index in [0.717, 1.165) is 16.8 Å². The molecule has 33 heavy (non-hydrogen) atoms. The number of benzene rings is 3. The molecule has 3 aromatic carbocycles. The van der Waals surface area contributed by atoms with Crippen LogP contribution in [0.25, 0.3) is 0 Å². The maximum Gasteiger partial charge on any atom is 0.329 e. The van der Waals surface area contributed by atoms with Crippen molar-refractivity contribution in [2.24, 2.45) is 5.10 Å². The number of amides is 3. The highest BCUT2D eigenvalue weighted by molar-refractivity contribution is 6.39. The van der Waals surface area contributed by atoms with Gasteiger partial charge in [0.1, 0.15) is 5.75 Å². The Balaban J connectivity index is 1.49. The molecule has 8 heteroatoms. The Hall–Kier alpha value is -4.46. The lowest BCUT2D eigenvalue weighted by molar-refractivity contribution is -0.136. The van der Waals surface area contributed by atoms with Gasteiger partial charge in [-0.3, -0.25) is 14.4 Å². The van der Waals surface area contributed by atoms with Crippen LogP contribution >= 0.6 is 0 Å². The van der Waals surface area contributed by atoms with Crippen LogP contribution in [0, 0.1) is 13.8 Å². The normalized spacial score (nSPS) is 10.5. The molecule has 3 rings (SSSR count). The summed E-state index contributed by atoms with van der Waals surface area (Å²) >= 11 is 0.